The molecule has 66 heavy (non-hydrogen) atoms. The number of piperidine rings is 6. The standard InChI is InChI=1S/C48H81N9O9/c1-37(2)19-31(22-46(55(37)61)25-40(7,8)52(58)41(9,10)26-46)64-34-49-35(65-32-20-38(3,4)56(62)47(23-32)27-42(11,12)53(59)43(13,14)28-47)51-36(50-34)66-33-21-39(5,6)57(63)48(24-33)29-44(15,16)54(60)45(17,18)30-48/h31-33H,19-30H2,1-18H3. The SMILES string of the molecule is CC1(C)CC2(CC(Oc3nc(OC4CC(C)(C)N([O])C5(C4)CC(C)(C)N([O])C(C)(C)C5)nc(OC4CC(C)(C)N([O])C5(C4)CC(C)(C)N([O])C(C)(C)C5)n3)CC(C)(C)N2[O])CC(C)(C)N1[O]. The third kappa shape index (κ3) is 8.99. The monoisotopic (exact) mass is 928 g/mol. The largest absolute Gasteiger partial charge is 0.460 e. The summed E-state index contributed by atoms with van der Waals surface area (Å²) in [4.78, 5) is 14.3. The van der Waals surface area contributed by atoms with Gasteiger partial charge in [0.25, 0.3) is 0 Å². The second-order valence-corrected chi connectivity index (χ2v) is 27.4. The lowest BCUT2D eigenvalue weighted by Crippen LogP contribution is -2.72. The van der Waals surface area contributed by atoms with E-state index in [4.69, 9.17) is 29.2 Å². The Morgan fingerprint density at radius 1 is 0.303 bits per heavy atom. The number of hydrogen-bond acceptors (Lipinski definition) is 12. The molecule has 7 heterocycles. The fourth-order valence-corrected chi connectivity index (χ4v) is 15.5. The number of hydroxylamine groups is 12. The van der Waals surface area contributed by atoms with E-state index in [1.54, 1.807) is 0 Å². The van der Waals surface area contributed by atoms with Crippen LogP contribution in [-0.4, -0.2) is 130 Å². The van der Waals surface area contributed by atoms with Gasteiger partial charge in [0.1, 0.15) is 18.3 Å². The summed E-state index contributed by atoms with van der Waals surface area (Å²) in [5.41, 5.74) is -10.3. The molecule has 372 valence electrons. The second kappa shape index (κ2) is 15.7. The number of rotatable bonds is 6. The molecule has 1 aromatic rings. The Bertz CT molecular complexity index is 1700. The van der Waals surface area contributed by atoms with Crippen LogP contribution in [0.3, 0.4) is 0 Å². The normalized spacial score (nSPS) is 34.3. The van der Waals surface area contributed by atoms with Gasteiger partial charge in [0.05, 0.1) is 16.6 Å². The average Bonchev–Trinajstić information content (AvgIpc) is 3.11. The Morgan fingerprint density at radius 3 is 0.667 bits per heavy atom. The molecule has 3 atom stereocenters. The van der Waals surface area contributed by atoms with Gasteiger partial charge < -0.3 is 14.2 Å². The average molecular weight is 928 g/mol. The van der Waals surface area contributed by atoms with Gasteiger partial charge in [-0.2, -0.15) is 0 Å². The van der Waals surface area contributed by atoms with Gasteiger partial charge in [0.15, 0.2) is 0 Å². The van der Waals surface area contributed by atoms with Gasteiger partial charge in [-0.15, -0.1) is 76.6 Å². The van der Waals surface area contributed by atoms with Gasteiger partial charge in [-0.3, -0.25) is 0 Å². The fourth-order valence-electron chi connectivity index (χ4n) is 15.5. The lowest BCUT2D eigenvalue weighted by Gasteiger charge is -2.61. The highest BCUT2D eigenvalue weighted by Gasteiger charge is 2.65. The molecule has 6 radical (unpaired) electrons. The van der Waals surface area contributed by atoms with Crippen molar-refractivity contribution in [3.8, 4) is 18.0 Å². The quantitative estimate of drug-likeness (QED) is 0.266. The van der Waals surface area contributed by atoms with Crippen molar-refractivity contribution in [1.82, 2.24) is 45.3 Å². The maximum Gasteiger partial charge on any atom is 0.326 e. The minimum Gasteiger partial charge on any atom is -0.460 e. The molecule has 3 unspecified atom stereocenters. The molecule has 7 rings (SSSR count). The summed E-state index contributed by atoms with van der Waals surface area (Å²) in [6.45, 7) is 34.0. The van der Waals surface area contributed by atoms with Crippen LogP contribution in [0.15, 0.2) is 0 Å². The maximum atomic E-state index is 14.4. The van der Waals surface area contributed by atoms with Crippen LogP contribution >= 0.6 is 0 Å². The molecule has 0 N–H and O–H groups in total. The molecule has 18 nitrogen and oxygen atoms in total. The van der Waals surface area contributed by atoms with E-state index in [-0.39, 0.29) is 18.0 Å². The minimum atomic E-state index is -0.924. The Hall–Kier alpha value is -2.07. The number of nitrogens with zero attached hydrogens (tertiary/aromatic N) is 9. The minimum absolute atomic E-state index is 0.0561. The van der Waals surface area contributed by atoms with Gasteiger partial charge in [-0.25, -0.2) is 0 Å². The molecule has 0 saturated carbocycles. The molecule has 6 aliphatic rings. The van der Waals surface area contributed by atoms with Crippen LogP contribution in [0.1, 0.15) is 202 Å². The summed E-state index contributed by atoms with van der Waals surface area (Å²) in [5.74, 6) is 0. The third-order valence-corrected chi connectivity index (χ3v) is 16.2. The van der Waals surface area contributed by atoms with Gasteiger partial charge >= 0.3 is 18.0 Å². The van der Waals surface area contributed by atoms with Crippen molar-refractivity contribution >= 4 is 0 Å². The summed E-state index contributed by atoms with van der Waals surface area (Å²) in [6.07, 6.45) is 2.38. The second-order valence-electron chi connectivity index (χ2n) is 27.4. The van der Waals surface area contributed by atoms with E-state index < -0.39 is 84.8 Å². The lowest BCUT2D eigenvalue weighted by molar-refractivity contribution is -0.365. The molecule has 18 heteroatoms. The van der Waals surface area contributed by atoms with Crippen molar-refractivity contribution < 1.29 is 45.5 Å². The fraction of sp³-hybridized carbons (Fsp3) is 0.938. The smallest absolute Gasteiger partial charge is 0.326 e. The Kier molecular flexibility index (Phi) is 12.3. The van der Waals surface area contributed by atoms with Crippen LogP contribution in [0.4, 0.5) is 0 Å². The Labute approximate surface area is 394 Å². The van der Waals surface area contributed by atoms with E-state index >= 15 is 0 Å². The van der Waals surface area contributed by atoms with E-state index in [0.717, 1.165) is 15.2 Å². The van der Waals surface area contributed by atoms with Gasteiger partial charge in [0.2, 0.25) is 0 Å². The highest BCUT2D eigenvalue weighted by Crippen LogP contribution is 2.56. The number of aromatic nitrogens is 3. The van der Waals surface area contributed by atoms with E-state index in [1.165, 1.54) is 15.2 Å². The van der Waals surface area contributed by atoms with Crippen molar-refractivity contribution in [1.29, 1.82) is 0 Å². The summed E-state index contributed by atoms with van der Waals surface area (Å²) in [6, 6.07) is -0.168. The first-order chi connectivity index (χ1) is 29.6. The summed E-state index contributed by atoms with van der Waals surface area (Å²) >= 11 is 0. The molecule has 1 aromatic heterocycles. The van der Waals surface area contributed by atoms with Crippen molar-refractivity contribution in [3.63, 3.8) is 0 Å². The topological polar surface area (TPSA) is 205 Å². The first kappa shape index (κ1) is 51.8. The molecular weight excluding hydrogens is 847 g/mol. The van der Waals surface area contributed by atoms with Crippen molar-refractivity contribution in [2.24, 2.45) is 0 Å². The molecule has 0 amide bonds. The summed E-state index contributed by atoms with van der Waals surface area (Å²) in [5, 5.41) is 90.9. The van der Waals surface area contributed by atoms with Crippen LogP contribution in [-0.2, 0) is 31.2 Å². The highest BCUT2D eigenvalue weighted by atomic mass is 16.6. The molecule has 0 aliphatic carbocycles. The molecular formula is C48H81N9O9. The molecule has 6 saturated heterocycles. The number of ether oxygens (including phenoxy) is 3. The first-order valence-corrected chi connectivity index (χ1v) is 24.3. The highest BCUT2D eigenvalue weighted by molar-refractivity contribution is 5.18. The van der Waals surface area contributed by atoms with Gasteiger partial charge in [-0.05, 0) is 163 Å². The van der Waals surface area contributed by atoms with Crippen LogP contribution in [0, 0.1) is 0 Å². The van der Waals surface area contributed by atoms with Crippen molar-refractivity contribution in [3.05, 3.63) is 0 Å². The molecule has 0 bridgehead atoms. The first-order valence-electron chi connectivity index (χ1n) is 24.3. The predicted molar refractivity (Wildman–Crippen MR) is 239 cm³/mol. The van der Waals surface area contributed by atoms with E-state index in [0.29, 0.717) is 77.0 Å². The van der Waals surface area contributed by atoms with E-state index in [1.807, 2.05) is 125 Å². The maximum absolute atomic E-state index is 14.4. The van der Waals surface area contributed by atoms with Crippen molar-refractivity contribution in [2.75, 3.05) is 0 Å². The van der Waals surface area contributed by atoms with Crippen LogP contribution in [0.2, 0.25) is 0 Å². The van der Waals surface area contributed by atoms with Crippen molar-refractivity contribution in [2.45, 2.75) is 286 Å². The van der Waals surface area contributed by atoms with Gasteiger partial charge in [0, 0.05) is 88.4 Å². The zero-order valence-electron chi connectivity index (χ0n) is 43.4. The molecule has 0 aromatic carbocycles. The lowest BCUT2D eigenvalue weighted by atomic mass is 9.64. The van der Waals surface area contributed by atoms with E-state index in [2.05, 4.69) is 0 Å². The van der Waals surface area contributed by atoms with Crippen LogP contribution in [0.5, 0.6) is 18.0 Å². The zero-order valence-corrected chi connectivity index (χ0v) is 43.4. The third-order valence-electron chi connectivity index (χ3n) is 16.2. The molecule has 6 aliphatic heterocycles. The molecule has 3 spiro atoms. The molecule has 6 fully saturated rings. The summed E-state index contributed by atoms with van der Waals surface area (Å²) in [7, 11) is 0. The Morgan fingerprint density at radius 2 is 0.485 bits per heavy atom. The number of hydrogen-bond donors (Lipinski definition) is 0. The Balaban J connectivity index is 1.26. The predicted octanol–water partition coefficient (Wildman–Crippen LogP) is 7.99. The zero-order chi connectivity index (χ0) is 49.7. The summed E-state index contributed by atoms with van der Waals surface area (Å²) < 4.78 is 20.3. The van der Waals surface area contributed by atoms with Crippen LogP contribution in [0.25, 0.3) is 0 Å². The van der Waals surface area contributed by atoms with Crippen LogP contribution < -0.4 is 14.2 Å². The van der Waals surface area contributed by atoms with Gasteiger partial charge in [-0.1, -0.05) is 0 Å². The van der Waals surface area contributed by atoms with E-state index in [9.17, 15) is 31.2 Å².